The number of nitrogens with one attached hydrogen (secondary N) is 2. The van der Waals surface area contributed by atoms with E-state index in [1.54, 1.807) is 11.3 Å². The number of benzene rings is 2. The van der Waals surface area contributed by atoms with E-state index in [9.17, 15) is 9.59 Å². The van der Waals surface area contributed by atoms with Gasteiger partial charge in [-0.2, -0.15) is 0 Å². The number of hydrogen-bond acceptors (Lipinski definition) is 4. The second-order valence-electron chi connectivity index (χ2n) is 5.73. The summed E-state index contributed by atoms with van der Waals surface area (Å²) in [5, 5.41) is 6.61. The van der Waals surface area contributed by atoms with Crippen LogP contribution in [-0.4, -0.2) is 16.8 Å². The summed E-state index contributed by atoms with van der Waals surface area (Å²) in [5.41, 5.74) is 2.73. The molecule has 0 bridgehead atoms. The van der Waals surface area contributed by atoms with E-state index in [0.29, 0.717) is 19.4 Å². The predicted octanol–water partition coefficient (Wildman–Crippen LogP) is 3.50. The molecule has 0 aliphatic carbocycles. The molecule has 128 valence electrons. The molecule has 0 atom stereocenters. The maximum Gasteiger partial charge on any atom is 0.221 e. The molecule has 2 aromatic carbocycles. The zero-order chi connectivity index (χ0) is 17.6. The van der Waals surface area contributed by atoms with Crippen LogP contribution in [0.2, 0.25) is 0 Å². The first-order valence-electron chi connectivity index (χ1n) is 8.08. The molecule has 0 saturated carbocycles. The van der Waals surface area contributed by atoms with Crippen LogP contribution < -0.4 is 10.6 Å². The van der Waals surface area contributed by atoms with Crippen molar-refractivity contribution < 1.29 is 9.59 Å². The average molecular weight is 353 g/mol. The van der Waals surface area contributed by atoms with Gasteiger partial charge in [-0.3, -0.25) is 9.59 Å². The number of aryl methyl sites for hydroxylation is 1. The van der Waals surface area contributed by atoms with Gasteiger partial charge < -0.3 is 10.6 Å². The zero-order valence-electron chi connectivity index (χ0n) is 13.9. The molecule has 3 aromatic rings. The number of aromatic nitrogens is 1. The summed E-state index contributed by atoms with van der Waals surface area (Å²) >= 11 is 1.63. The van der Waals surface area contributed by atoms with Gasteiger partial charge in [-0.05, 0) is 29.8 Å². The Bertz CT molecular complexity index is 854. The van der Waals surface area contributed by atoms with Crippen LogP contribution in [0.1, 0.15) is 23.9 Å². The third kappa shape index (κ3) is 4.87. The van der Waals surface area contributed by atoms with Crippen molar-refractivity contribution in [1.82, 2.24) is 10.3 Å². The van der Waals surface area contributed by atoms with E-state index in [1.807, 2.05) is 48.5 Å². The maximum absolute atomic E-state index is 12.0. The topological polar surface area (TPSA) is 71.1 Å². The lowest BCUT2D eigenvalue weighted by molar-refractivity contribution is -0.121. The number of anilines is 1. The standard InChI is InChI=1S/C19H19N3O2S/c1-13(23)21-15-8-6-14(7-9-15)12-20-18(24)10-11-19-22-16-4-2-3-5-17(16)25-19/h2-9H,10-12H2,1H3,(H,20,24)(H,21,23). The SMILES string of the molecule is CC(=O)Nc1ccc(CNC(=O)CCc2nc3ccccc3s2)cc1. The summed E-state index contributed by atoms with van der Waals surface area (Å²) in [4.78, 5) is 27.6. The van der Waals surface area contributed by atoms with E-state index in [2.05, 4.69) is 15.6 Å². The number of fused-ring (bicyclic) bond motifs is 1. The Morgan fingerprint density at radius 1 is 1.08 bits per heavy atom. The van der Waals surface area contributed by atoms with Crippen molar-refractivity contribution in [2.75, 3.05) is 5.32 Å². The molecule has 6 heteroatoms. The van der Waals surface area contributed by atoms with Crippen LogP contribution in [0.15, 0.2) is 48.5 Å². The van der Waals surface area contributed by atoms with Gasteiger partial charge in [-0.25, -0.2) is 4.98 Å². The van der Waals surface area contributed by atoms with Crippen LogP contribution in [0.4, 0.5) is 5.69 Å². The number of amides is 2. The number of nitrogens with zero attached hydrogens (tertiary/aromatic N) is 1. The molecular formula is C19H19N3O2S. The maximum atomic E-state index is 12.0. The molecule has 0 aliphatic rings. The Hall–Kier alpha value is -2.73. The molecule has 2 amide bonds. The highest BCUT2D eigenvalue weighted by molar-refractivity contribution is 7.18. The minimum atomic E-state index is -0.101. The number of thiazole rings is 1. The van der Waals surface area contributed by atoms with Gasteiger partial charge in [-0.1, -0.05) is 24.3 Å². The van der Waals surface area contributed by atoms with Crippen LogP contribution in [0.25, 0.3) is 10.2 Å². The van der Waals surface area contributed by atoms with Crippen molar-refractivity contribution in [3.63, 3.8) is 0 Å². The Balaban J connectivity index is 1.47. The summed E-state index contributed by atoms with van der Waals surface area (Å²) in [6.45, 7) is 1.94. The molecule has 0 spiro atoms. The summed E-state index contributed by atoms with van der Waals surface area (Å²) < 4.78 is 1.15. The van der Waals surface area contributed by atoms with E-state index in [-0.39, 0.29) is 11.8 Å². The summed E-state index contributed by atoms with van der Waals surface area (Å²) in [7, 11) is 0. The Labute approximate surface area is 150 Å². The Morgan fingerprint density at radius 3 is 2.56 bits per heavy atom. The molecule has 2 N–H and O–H groups in total. The van der Waals surface area contributed by atoms with Crippen molar-refractivity contribution in [1.29, 1.82) is 0 Å². The number of carbonyl (C=O) groups excluding carboxylic acids is 2. The first-order chi connectivity index (χ1) is 12.1. The Morgan fingerprint density at radius 2 is 1.84 bits per heavy atom. The second kappa shape index (κ2) is 7.90. The quantitative estimate of drug-likeness (QED) is 0.712. The van der Waals surface area contributed by atoms with Crippen molar-refractivity contribution in [2.45, 2.75) is 26.3 Å². The Kier molecular flexibility index (Phi) is 5.40. The average Bonchev–Trinajstić information content (AvgIpc) is 3.02. The minimum Gasteiger partial charge on any atom is -0.352 e. The van der Waals surface area contributed by atoms with Crippen molar-refractivity contribution in [2.24, 2.45) is 0 Å². The fraction of sp³-hybridized carbons (Fsp3) is 0.211. The van der Waals surface area contributed by atoms with Crippen LogP contribution in [0.5, 0.6) is 0 Å². The van der Waals surface area contributed by atoms with Crippen molar-refractivity contribution in [3.05, 3.63) is 59.1 Å². The lowest BCUT2D eigenvalue weighted by atomic mass is 10.2. The van der Waals surface area contributed by atoms with Crippen LogP contribution in [0.3, 0.4) is 0 Å². The first-order valence-corrected chi connectivity index (χ1v) is 8.89. The summed E-state index contributed by atoms with van der Waals surface area (Å²) in [6.07, 6.45) is 1.07. The molecule has 0 radical (unpaired) electrons. The van der Waals surface area contributed by atoms with Crippen LogP contribution in [0, 0.1) is 0 Å². The fourth-order valence-electron chi connectivity index (χ4n) is 2.45. The lowest BCUT2D eigenvalue weighted by Crippen LogP contribution is -2.23. The first kappa shape index (κ1) is 17.1. The van der Waals surface area contributed by atoms with Gasteiger partial charge in [0.25, 0.3) is 0 Å². The normalized spacial score (nSPS) is 10.6. The van der Waals surface area contributed by atoms with Gasteiger partial charge in [0.15, 0.2) is 0 Å². The molecule has 0 fully saturated rings. The summed E-state index contributed by atoms with van der Waals surface area (Å²) in [6, 6.07) is 15.4. The minimum absolute atomic E-state index is 0.00481. The molecule has 1 aromatic heterocycles. The number of hydrogen-bond donors (Lipinski definition) is 2. The van der Waals surface area contributed by atoms with Crippen molar-refractivity contribution >= 4 is 39.1 Å². The highest BCUT2D eigenvalue weighted by Gasteiger charge is 2.07. The van der Waals surface area contributed by atoms with Gasteiger partial charge in [0.2, 0.25) is 11.8 Å². The molecule has 5 nitrogen and oxygen atoms in total. The van der Waals surface area contributed by atoms with Gasteiger partial charge in [0, 0.05) is 32.0 Å². The molecule has 0 aliphatic heterocycles. The molecular weight excluding hydrogens is 334 g/mol. The molecule has 25 heavy (non-hydrogen) atoms. The largest absolute Gasteiger partial charge is 0.352 e. The van der Waals surface area contributed by atoms with Crippen LogP contribution >= 0.6 is 11.3 Å². The third-order valence-electron chi connectivity index (χ3n) is 3.67. The van der Waals surface area contributed by atoms with Crippen LogP contribution in [-0.2, 0) is 22.6 Å². The van der Waals surface area contributed by atoms with Gasteiger partial charge >= 0.3 is 0 Å². The second-order valence-corrected chi connectivity index (χ2v) is 6.85. The molecule has 0 unspecified atom stereocenters. The summed E-state index contributed by atoms with van der Waals surface area (Å²) in [5.74, 6) is -0.0962. The van der Waals surface area contributed by atoms with Crippen molar-refractivity contribution in [3.8, 4) is 0 Å². The molecule has 1 heterocycles. The number of para-hydroxylation sites is 1. The number of carbonyl (C=O) groups is 2. The van der Waals surface area contributed by atoms with E-state index >= 15 is 0 Å². The van der Waals surface area contributed by atoms with Gasteiger partial charge in [0.05, 0.1) is 15.2 Å². The predicted molar refractivity (Wildman–Crippen MR) is 101 cm³/mol. The third-order valence-corrected chi connectivity index (χ3v) is 4.76. The highest BCUT2D eigenvalue weighted by atomic mass is 32.1. The zero-order valence-corrected chi connectivity index (χ0v) is 14.7. The van der Waals surface area contributed by atoms with Gasteiger partial charge in [0.1, 0.15) is 0 Å². The van der Waals surface area contributed by atoms with Gasteiger partial charge in [-0.15, -0.1) is 11.3 Å². The van der Waals surface area contributed by atoms with E-state index in [0.717, 1.165) is 26.5 Å². The lowest BCUT2D eigenvalue weighted by Gasteiger charge is -2.06. The molecule has 0 saturated heterocycles. The smallest absolute Gasteiger partial charge is 0.221 e. The number of rotatable bonds is 6. The molecule has 3 rings (SSSR count). The van der Waals surface area contributed by atoms with E-state index in [4.69, 9.17) is 0 Å². The highest BCUT2D eigenvalue weighted by Crippen LogP contribution is 2.22. The monoisotopic (exact) mass is 353 g/mol. The fourth-order valence-corrected chi connectivity index (χ4v) is 3.41. The van der Waals surface area contributed by atoms with E-state index in [1.165, 1.54) is 6.92 Å². The van der Waals surface area contributed by atoms with E-state index < -0.39 is 0 Å².